The molecule has 70 valence electrons. The molecule has 1 aromatic rings. The van der Waals surface area contributed by atoms with Crippen LogP contribution in [0.1, 0.15) is 43.3 Å². The third kappa shape index (κ3) is 3.16. The van der Waals surface area contributed by atoms with Gasteiger partial charge in [0.2, 0.25) is 0 Å². The molecule has 0 amide bonds. The van der Waals surface area contributed by atoms with Crippen LogP contribution in [0.15, 0.2) is 5.38 Å². The van der Waals surface area contributed by atoms with Gasteiger partial charge in [0, 0.05) is 18.2 Å². The van der Waals surface area contributed by atoms with Crippen LogP contribution in [0.25, 0.3) is 0 Å². The molecule has 1 aromatic heterocycles. The Balaban J connectivity index is 2.45. The predicted octanol–water partition coefficient (Wildman–Crippen LogP) is 3.11. The number of unbranched alkanes of at least 4 members (excludes halogenated alkanes) is 1. The van der Waals surface area contributed by atoms with Crippen molar-refractivity contribution in [1.82, 2.24) is 4.98 Å². The normalized spacial score (nSPS) is 10.3. The summed E-state index contributed by atoms with van der Waals surface area (Å²) in [5.74, 6) is 0.515. The van der Waals surface area contributed by atoms with Crippen LogP contribution in [0.2, 0.25) is 0 Å². The minimum absolute atomic E-state index is 0.515. The lowest BCUT2D eigenvalue weighted by molar-refractivity contribution is 0.798. The van der Waals surface area contributed by atoms with Crippen LogP contribution < -0.4 is 0 Å². The monoisotopic (exact) mass is 194 g/mol. The summed E-state index contributed by atoms with van der Waals surface area (Å²) in [6.45, 7) is 4.29. The lowest BCUT2D eigenvalue weighted by Gasteiger charge is -1.96. The van der Waals surface area contributed by atoms with Crippen molar-refractivity contribution in [3.8, 4) is 6.07 Å². The van der Waals surface area contributed by atoms with E-state index < -0.39 is 0 Å². The van der Waals surface area contributed by atoms with Crippen LogP contribution >= 0.6 is 11.3 Å². The fourth-order valence-electron chi connectivity index (χ4n) is 1.02. The van der Waals surface area contributed by atoms with E-state index in [2.05, 4.69) is 30.3 Å². The number of nitriles is 1. The van der Waals surface area contributed by atoms with E-state index in [1.165, 1.54) is 10.7 Å². The van der Waals surface area contributed by atoms with Crippen molar-refractivity contribution in [3.05, 3.63) is 16.1 Å². The average molecular weight is 194 g/mol. The van der Waals surface area contributed by atoms with Crippen molar-refractivity contribution in [2.24, 2.45) is 0 Å². The van der Waals surface area contributed by atoms with Gasteiger partial charge in [0.05, 0.1) is 16.8 Å². The first-order valence-electron chi connectivity index (χ1n) is 4.55. The Bertz CT molecular complexity index is 296. The van der Waals surface area contributed by atoms with Gasteiger partial charge in [-0.15, -0.1) is 11.3 Å². The van der Waals surface area contributed by atoms with Gasteiger partial charge in [-0.05, 0) is 12.3 Å². The first-order valence-corrected chi connectivity index (χ1v) is 5.43. The number of nitrogens with zero attached hydrogens (tertiary/aromatic N) is 2. The molecular weight excluding hydrogens is 180 g/mol. The molecule has 0 aromatic carbocycles. The zero-order valence-corrected chi connectivity index (χ0v) is 8.90. The Labute approximate surface area is 83.2 Å². The van der Waals surface area contributed by atoms with E-state index in [1.54, 1.807) is 11.3 Å². The zero-order chi connectivity index (χ0) is 9.68. The molecule has 0 aliphatic rings. The molecule has 0 radical (unpaired) electrons. The lowest BCUT2D eigenvalue weighted by atomic mass is 10.2. The third-order valence-electron chi connectivity index (χ3n) is 1.84. The first kappa shape index (κ1) is 10.2. The Kier molecular flexibility index (Phi) is 3.91. The predicted molar refractivity (Wildman–Crippen MR) is 54.8 cm³/mol. The molecule has 0 saturated heterocycles. The molecule has 0 bridgehead atoms. The summed E-state index contributed by atoms with van der Waals surface area (Å²) in [5, 5.41) is 11.7. The summed E-state index contributed by atoms with van der Waals surface area (Å²) < 4.78 is 0. The van der Waals surface area contributed by atoms with E-state index in [9.17, 15) is 0 Å². The van der Waals surface area contributed by atoms with Crippen molar-refractivity contribution < 1.29 is 0 Å². The van der Waals surface area contributed by atoms with Crippen LogP contribution in [0, 0.1) is 11.3 Å². The van der Waals surface area contributed by atoms with Crippen molar-refractivity contribution >= 4 is 11.3 Å². The number of aryl methyl sites for hydroxylation is 1. The first-order chi connectivity index (χ1) is 6.24. The molecule has 0 saturated carbocycles. The minimum Gasteiger partial charge on any atom is -0.246 e. The van der Waals surface area contributed by atoms with Gasteiger partial charge in [-0.3, -0.25) is 0 Å². The molecule has 0 fully saturated rings. The van der Waals surface area contributed by atoms with Gasteiger partial charge in [0.1, 0.15) is 0 Å². The fraction of sp³-hybridized carbons (Fsp3) is 0.600. The van der Waals surface area contributed by atoms with Crippen molar-refractivity contribution in [1.29, 1.82) is 5.26 Å². The third-order valence-corrected chi connectivity index (χ3v) is 2.77. The molecule has 0 unspecified atom stereocenters. The summed E-state index contributed by atoms with van der Waals surface area (Å²) >= 11 is 1.71. The van der Waals surface area contributed by atoms with Crippen LogP contribution in [0.5, 0.6) is 0 Å². The second-order valence-electron chi connectivity index (χ2n) is 3.33. The molecule has 1 heterocycles. The number of thiazole rings is 1. The van der Waals surface area contributed by atoms with E-state index in [4.69, 9.17) is 5.26 Å². The largest absolute Gasteiger partial charge is 0.246 e. The average Bonchev–Trinajstić information content (AvgIpc) is 2.53. The smallest absolute Gasteiger partial charge is 0.0928 e. The summed E-state index contributed by atoms with van der Waals surface area (Å²) in [5.41, 5.74) is 1.18. The number of hydrogen-bond acceptors (Lipinski definition) is 3. The SMILES string of the molecule is CC(C)c1csc(CCCC#N)n1. The van der Waals surface area contributed by atoms with Crippen molar-refractivity contribution in [2.45, 2.75) is 39.0 Å². The van der Waals surface area contributed by atoms with Gasteiger partial charge >= 0.3 is 0 Å². The summed E-state index contributed by atoms with van der Waals surface area (Å²) in [4.78, 5) is 4.49. The molecule has 13 heavy (non-hydrogen) atoms. The van der Waals surface area contributed by atoms with E-state index in [0.29, 0.717) is 12.3 Å². The topological polar surface area (TPSA) is 36.7 Å². The number of hydrogen-bond donors (Lipinski definition) is 0. The van der Waals surface area contributed by atoms with Gasteiger partial charge in [-0.25, -0.2) is 4.98 Å². The van der Waals surface area contributed by atoms with E-state index >= 15 is 0 Å². The summed E-state index contributed by atoms with van der Waals surface area (Å²) in [7, 11) is 0. The molecule has 3 heteroatoms. The second kappa shape index (κ2) is 4.98. The standard InChI is InChI=1S/C10H14N2S/c1-8(2)9-7-13-10(12-9)5-3-4-6-11/h7-8H,3-5H2,1-2H3. The molecule has 2 nitrogen and oxygen atoms in total. The van der Waals surface area contributed by atoms with Gasteiger partial charge < -0.3 is 0 Å². The molecule has 0 N–H and O–H groups in total. The van der Waals surface area contributed by atoms with Crippen LogP contribution in [-0.2, 0) is 6.42 Å². The number of aromatic nitrogens is 1. The zero-order valence-electron chi connectivity index (χ0n) is 8.08. The van der Waals surface area contributed by atoms with Crippen LogP contribution in [-0.4, -0.2) is 4.98 Å². The van der Waals surface area contributed by atoms with Crippen LogP contribution in [0.3, 0.4) is 0 Å². The summed E-state index contributed by atoms with van der Waals surface area (Å²) in [6.07, 6.45) is 2.52. The number of rotatable bonds is 4. The van der Waals surface area contributed by atoms with Crippen LogP contribution in [0.4, 0.5) is 0 Å². The fourth-order valence-corrected chi connectivity index (χ4v) is 2.03. The lowest BCUT2D eigenvalue weighted by Crippen LogP contribution is -1.89. The summed E-state index contributed by atoms with van der Waals surface area (Å²) in [6, 6.07) is 2.14. The highest BCUT2D eigenvalue weighted by atomic mass is 32.1. The maximum Gasteiger partial charge on any atom is 0.0928 e. The highest BCUT2D eigenvalue weighted by molar-refractivity contribution is 7.09. The van der Waals surface area contributed by atoms with Crippen molar-refractivity contribution in [3.63, 3.8) is 0 Å². The molecule has 0 aliphatic heterocycles. The quantitative estimate of drug-likeness (QED) is 0.690. The Hall–Kier alpha value is -0.880. The van der Waals surface area contributed by atoms with Gasteiger partial charge in [-0.2, -0.15) is 5.26 Å². The Morgan fingerprint density at radius 3 is 2.92 bits per heavy atom. The Morgan fingerprint density at radius 2 is 2.38 bits per heavy atom. The second-order valence-corrected chi connectivity index (χ2v) is 4.28. The van der Waals surface area contributed by atoms with Crippen molar-refractivity contribution in [2.75, 3.05) is 0 Å². The van der Waals surface area contributed by atoms with Gasteiger partial charge in [0.15, 0.2) is 0 Å². The molecule has 0 spiro atoms. The highest BCUT2D eigenvalue weighted by Crippen LogP contribution is 2.18. The van der Waals surface area contributed by atoms with Gasteiger partial charge in [-0.1, -0.05) is 13.8 Å². The highest BCUT2D eigenvalue weighted by Gasteiger charge is 2.04. The maximum atomic E-state index is 8.37. The van der Waals surface area contributed by atoms with E-state index in [-0.39, 0.29) is 0 Å². The molecule has 1 rings (SSSR count). The molecule has 0 atom stereocenters. The minimum atomic E-state index is 0.515. The molecule has 0 aliphatic carbocycles. The Morgan fingerprint density at radius 1 is 1.62 bits per heavy atom. The maximum absolute atomic E-state index is 8.37. The van der Waals surface area contributed by atoms with E-state index in [1.807, 2.05) is 0 Å². The molecular formula is C10H14N2S. The van der Waals surface area contributed by atoms with Gasteiger partial charge in [0.25, 0.3) is 0 Å². The van der Waals surface area contributed by atoms with E-state index in [0.717, 1.165) is 12.8 Å².